The zero-order chi connectivity index (χ0) is 13.4. The molecule has 2 rings (SSSR count). The second kappa shape index (κ2) is 4.23. The second-order valence-corrected chi connectivity index (χ2v) is 4.03. The van der Waals surface area contributed by atoms with Crippen molar-refractivity contribution >= 4 is 17.8 Å². The largest absolute Gasteiger partial charge is 0.548 e. The molecule has 0 radical (unpaired) electrons. The SMILES string of the molecule is C[C@@H](O)[C@H](C(=O)[O-])N1C(=O)c2ccccc2C1=O. The van der Waals surface area contributed by atoms with E-state index in [1.807, 2.05) is 0 Å². The molecule has 1 N–H and O–H groups in total. The van der Waals surface area contributed by atoms with E-state index in [2.05, 4.69) is 0 Å². The Labute approximate surface area is 102 Å². The zero-order valence-electron chi connectivity index (χ0n) is 9.49. The lowest BCUT2D eigenvalue weighted by Gasteiger charge is -2.29. The molecular weight excluding hydrogens is 238 g/mol. The van der Waals surface area contributed by atoms with Crippen LogP contribution in [0.2, 0.25) is 0 Å². The topological polar surface area (TPSA) is 97.7 Å². The molecule has 0 saturated heterocycles. The molecule has 2 atom stereocenters. The van der Waals surface area contributed by atoms with E-state index in [0.29, 0.717) is 4.90 Å². The quantitative estimate of drug-likeness (QED) is 0.676. The molecule has 1 aromatic rings. The minimum absolute atomic E-state index is 0.134. The van der Waals surface area contributed by atoms with Gasteiger partial charge in [-0.3, -0.25) is 14.5 Å². The van der Waals surface area contributed by atoms with E-state index in [4.69, 9.17) is 0 Å². The number of amides is 2. The summed E-state index contributed by atoms with van der Waals surface area (Å²) in [7, 11) is 0. The van der Waals surface area contributed by atoms with Gasteiger partial charge in [0.25, 0.3) is 11.8 Å². The summed E-state index contributed by atoms with van der Waals surface area (Å²) in [5, 5.41) is 20.3. The lowest BCUT2D eigenvalue weighted by molar-refractivity contribution is -0.312. The highest BCUT2D eigenvalue weighted by atomic mass is 16.4. The van der Waals surface area contributed by atoms with Crippen LogP contribution < -0.4 is 5.11 Å². The van der Waals surface area contributed by atoms with Crippen LogP contribution in [0.4, 0.5) is 0 Å². The van der Waals surface area contributed by atoms with Gasteiger partial charge in [0.2, 0.25) is 0 Å². The Hall–Kier alpha value is -2.21. The van der Waals surface area contributed by atoms with Crippen molar-refractivity contribution < 1.29 is 24.6 Å². The van der Waals surface area contributed by atoms with Crippen LogP contribution in [0.25, 0.3) is 0 Å². The minimum Gasteiger partial charge on any atom is -0.548 e. The van der Waals surface area contributed by atoms with E-state index >= 15 is 0 Å². The van der Waals surface area contributed by atoms with Crippen LogP contribution in [0, 0.1) is 0 Å². The molecule has 94 valence electrons. The van der Waals surface area contributed by atoms with Crippen molar-refractivity contribution in [2.24, 2.45) is 0 Å². The molecule has 0 saturated carbocycles. The summed E-state index contributed by atoms with van der Waals surface area (Å²) >= 11 is 0. The van der Waals surface area contributed by atoms with Crippen LogP contribution >= 0.6 is 0 Å². The fourth-order valence-corrected chi connectivity index (χ4v) is 1.98. The smallest absolute Gasteiger partial charge is 0.262 e. The molecule has 0 fully saturated rings. The molecule has 1 aromatic carbocycles. The van der Waals surface area contributed by atoms with E-state index in [1.54, 1.807) is 12.1 Å². The van der Waals surface area contributed by atoms with Crippen molar-refractivity contribution in [1.29, 1.82) is 0 Å². The molecule has 18 heavy (non-hydrogen) atoms. The normalized spacial score (nSPS) is 17.6. The number of rotatable bonds is 3. The molecule has 0 spiro atoms. The standard InChI is InChI=1S/C12H11NO5/c1-6(14)9(12(17)18)13-10(15)7-4-2-3-5-8(7)11(13)16/h2-6,9,14H,1H3,(H,17,18)/p-1/t6-,9-/m1/s1. The van der Waals surface area contributed by atoms with Gasteiger partial charge >= 0.3 is 0 Å². The van der Waals surface area contributed by atoms with E-state index in [0.717, 1.165) is 0 Å². The first-order valence-corrected chi connectivity index (χ1v) is 5.31. The number of imide groups is 1. The number of nitrogens with zero attached hydrogens (tertiary/aromatic N) is 1. The first-order valence-electron chi connectivity index (χ1n) is 5.31. The number of hydrogen-bond donors (Lipinski definition) is 1. The van der Waals surface area contributed by atoms with Crippen molar-refractivity contribution in [2.45, 2.75) is 19.1 Å². The molecular formula is C12H10NO5-. The number of fused-ring (bicyclic) bond motifs is 1. The molecule has 1 aliphatic heterocycles. The molecule has 6 heteroatoms. The van der Waals surface area contributed by atoms with Gasteiger partial charge in [0, 0.05) is 0 Å². The number of carboxylic acids is 1. The van der Waals surface area contributed by atoms with Gasteiger partial charge < -0.3 is 15.0 Å². The Morgan fingerprint density at radius 3 is 2.00 bits per heavy atom. The van der Waals surface area contributed by atoms with Gasteiger partial charge in [-0.2, -0.15) is 0 Å². The summed E-state index contributed by atoms with van der Waals surface area (Å²) < 4.78 is 0. The monoisotopic (exact) mass is 248 g/mol. The molecule has 0 bridgehead atoms. The Kier molecular flexibility index (Phi) is 2.88. The number of aliphatic hydroxyl groups excluding tert-OH is 1. The maximum atomic E-state index is 12.0. The van der Waals surface area contributed by atoms with Crippen LogP contribution in [-0.4, -0.2) is 39.9 Å². The van der Waals surface area contributed by atoms with Crippen LogP contribution in [0.1, 0.15) is 27.6 Å². The summed E-state index contributed by atoms with van der Waals surface area (Å²) in [6.07, 6.45) is -1.41. The van der Waals surface area contributed by atoms with Gasteiger partial charge in [-0.25, -0.2) is 0 Å². The first-order chi connectivity index (χ1) is 8.45. The zero-order valence-corrected chi connectivity index (χ0v) is 9.49. The average molecular weight is 248 g/mol. The molecule has 0 aromatic heterocycles. The molecule has 1 aliphatic rings. The number of benzene rings is 1. The van der Waals surface area contributed by atoms with Crippen LogP contribution in [-0.2, 0) is 4.79 Å². The third-order valence-corrected chi connectivity index (χ3v) is 2.80. The Bertz CT molecular complexity index is 502. The Morgan fingerprint density at radius 2 is 1.67 bits per heavy atom. The summed E-state index contributed by atoms with van der Waals surface area (Å²) in [6, 6.07) is 4.33. The number of hydrogen-bond acceptors (Lipinski definition) is 5. The minimum atomic E-state index is -1.68. The van der Waals surface area contributed by atoms with Gasteiger partial charge in [-0.15, -0.1) is 0 Å². The second-order valence-electron chi connectivity index (χ2n) is 4.03. The maximum Gasteiger partial charge on any atom is 0.262 e. The van der Waals surface area contributed by atoms with Crippen molar-refractivity contribution in [1.82, 2.24) is 4.90 Å². The summed E-state index contributed by atoms with van der Waals surface area (Å²) in [5.74, 6) is -3.13. The van der Waals surface area contributed by atoms with E-state index in [-0.39, 0.29) is 11.1 Å². The van der Waals surface area contributed by atoms with Gasteiger partial charge in [0.15, 0.2) is 0 Å². The third-order valence-electron chi connectivity index (χ3n) is 2.80. The number of aliphatic carboxylic acids is 1. The van der Waals surface area contributed by atoms with E-state index < -0.39 is 29.9 Å². The van der Waals surface area contributed by atoms with E-state index in [9.17, 15) is 24.6 Å². The van der Waals surface area contributed by atoms with E-state index in [1.165, 1.54) is 19.1 Å². The average Bonchev–Trinajstić information content (AvgIpc) is 2.55. The van der Waals surface area contributed by atoms with Crippen molar-refractivity contribution in [3.05, 3.63) is 35.4 Å². The Balaban J connectivity index is 2.47. The lowest BCUT2D eigenvalue weighted by Crippen LogP contribution is -2.55. The van der Waals surface area contributed by atoms with Gasteiger partial charge in [0.1, 0.15) is 6.04 Å². The van der Waals surface area contributed by atoms with Crippen LogP contribution in [0.15, 0.2) is 24.3 Å². The highest BCUT2D eigenvalue weighted by Gasteiger charge is 2.41. The molecule has 6 nitrogen and oxygen atoms in total. The van der Waals surface area contributed by atoms with Crippen molar-refractivity contribution in [3.8, 4) is 0 Å². The third kappa shape index (κ3) is 1.67. The van der Waals surface area contributed by atoms with Crippen LogP contribution in [0.3, 0.4) is 0 Å². The summed E-state index contributed by atoms with van der Waals surface area (Å²) in [6.45, 7) is 1.18. The number of carbonyl (C=O) groups is 3. The highest BCUT2D eigenvalue weighted by molar-refractivity contribution is 6.22. The molecule has 2 amide bonds. The van der Waals surface area contributed by atoms with Crippen LogP contribution in [0.5, 0.6) is 0 Å². The summed E-state index contributed by atoms with van der Waals surface area (Å²) in [5.41, 5.74) is 0.267. The van der Waals surface area contributed by atoms with Crippen molar-refractivity contribution in [3.63, 3.8) is 0 Å². The predicted molar refractivity (Wildman–Crippen MR) is 57.4 cm³/mol. The number of carboxylic acid groups (broad SMARTS) is 1. The lowest BCUT2D eigenvalue weighted by atomic mass is 10.1. The summed E-state index contributed by atoms with van der Waals surface area (Å²) in [4.78, 5) is 35.4. The van der Waals surface area contributed by atoms with Crippen molar-refractivity contribution in [2.75, 3.05) is 0 Å². The fraction of sp³-hybridized carbons (Fsp3) is 0.250. The Morgan fingerprint density at radius 1 is 1.22 bits per heavy atom. The molecule has 0 aliphatic carbocycles. The molecule has 1 heterocycles. The number of aliphatic hydroxyl groups is 1. The number of carbonyl (C=O) groups excluding carboxylic acids is 3. The van der Waals surface area contributed by atoms with Gasteiger partial charge in [-0.05, 0) is 19.1 Å². The predicted octanol–water partition coefficient (Wildman–Crippen LogP) is -1.22. The highest BCUT2D eigenvalue weighted by Crippen LogP contribution is 2.25. The molecule has 0 unspecified atom stereocenters. The van der Waals surface area contributed by atoms with Gasteiger partial charge in [0.05, 0.1) is 23.2 Å². The fourth-order valence-electron chi connectivity index (χ4n) is 1.98. The first kappa shape index (κ1) is 12.3. The van der Waals surface area contributed by atoms with Gasteiger partial charge in [-0.1, -0.05) is 12.1 Å². The maximum absolute atomic E-state index is 12.0.